The lowest BCUT2D eigenvalue weighted by Gasteiger charge is -2.40. The molecule has 0 amide bonds. The van der Waals surface area contributed by atoms with Gasteiger partial charge < -0.3 is 5.32 Å². The highest BCUT2D eigenvalue weighted by Crippen LogP contribution is 2.36. The minimum atomic E-state index is 0.571. The molecule has 0 aromatic heterocycles. The molecule has 1 saturated heterocycles. The number of nitrogens with zero attached hydrogens (tertiary/aromatic N) is 1. The maximum absolute atomic E-state index is 3.74. The Balaban J connectivity index is 1.78. The molecule has 3 heteroatoms. The fourth-order valence-electron chi connectivity index (χ4n) is 3.46. The Morgan fingerprint density at radius 2 is 2.10 bits per heavy atom. The molecule has 1 aromatic carbocycles. The van der Waals surface area contributed by atoms with Gasteiger partial charge in [0.15, 0.2) is 0 Å². The Labute approximate surface area is 131 Å². The molecule has 1 aliphatic heterocycles. The lowest BCUT2D eigenvalue weighted by molar-refractivity contribution is 0.119. The molecule has 1 aliphatic carbocycles. The molecule has 1 N–H and O–H groups in total. The average Bonchev–Trinajstić information content (AvgIpc) is 3.24. The summed E-state index contributed by atoms with van der Waals surface area (Å²) >= 11 is 3.62. The summed E-state index contributed by atoms with van der Waals surface area (Å²) in [6, 6.07) is 8.25. The minimum absolute atomic E-state index is 0.571. The standard InChI is InChI=1S/C17H25BrN2/c1-12-10-13(5-8-16(12)18)17-14(4-3-9-20(17)2)11-19-15-6-7-15/h5,8,10,14-15,17,19H,3-4,6-7,9,11H2,1-2H3. The zero-order valence-corrected chi connectivity index (χ0v) is 14.1. The number of halogens is 1. The number of piperidine rings is 1. The molecule has 2 nitrogen and oxygen atoms in total. The number of hydrogen-bond acceptors (Lipinski definition) is 2. The molecule has 0 bridgehead atoms. The number of nitrogens with one attached hydrogen (secondary N) is 1. The van der Waals surface area contributed by atoms with Gasteiger partial charge >= 0.3 is 0 Å². The molecule has 1 aromatic rings. The first kappa shape index (κ1) is 14.6. The van der Waals surface area contributed by atoms with E-state index in [1.807, 2.05) is 0 Å². The minimum Gasteiger partial charge on any atom is -0.314 e. The Hall–Kier alpha value is -0.380. The summed E-state index contributed by atoms with van der Waals surface area (Å²) in [6.07, 6.45) is 5.44. The van der Waals surface area contributed by atoms with E-state index in [4.69, 9.17) is 0 Å². The van der Waals surface area contributed by atoms with E-state index in [1.165, 1.54) is 54.4 Å². The lowest BCUT2D eigenvalue weighted by Crippen LogP contribution is -2.41. The first-order chi connectivity index (χ1) is 9.65. The number of aryl methyl sites for hydroxylation is 1. The molecular formula is C17H25BrN2. The smallest absolute Gasteiger partial charge is 0.0385 e. The molecule has 0 spiro atoms. The van der Waals surface area contributed by atoms with Crippen LogP contribution in [-0.4, -0.2) is 31.1 Å². The second kappa shape index (κ2) is 6.17. The van der Waals surface area contributed by atoms with Gasteiger partial charge in [-0.2, -0.15) is 0 Å². The van der Waals surface area contributed by atoms with Gasteiger partial charge in [0.05, 0.1) is 0 Å². The molecule has 0 radical (unpaired) electrons. The van der Waals surface area contributed by atoms with Crippen LogP contribution in [0, 0.1) is 12.8 Å². The molecule has 3 rings (SSSR count). The topological polar surface area (TPSA) is 15.3 Å². The van der Waals surface area contributed by atoms with E-state index >= 15 is 0 Å². The summed E-state index contributed by atoms with van der Waals surface area (Å²) in [6.45, 7) is 4.59. The van der Waals surface area contributed by atoms with Crippen LogP contribution >= 0.6 is 15.9 Å². The van der Waals surface area contributed by atoms with E-state index in [-0.39, 0.29) is 0 Å². The van der Waals surface area contributed by atoms with Crippen LogP contribution in [-0.2, 0) is 0 Å². The van der Waals surface area contributed by atoms with Crippen LogP contribution in [0.4, 0.5) is 0 Å². The SMILES string of the molecule is Cc1cc(C2C(CNC3CC3)CCCN2C)ccc1Br. The highest BCUT2D eigenvalue weighted by atomic mass is 79.9. The van der Waals surface area contributed by atoms with Crippen molar-refractivity contribution >= 4 is 15.9 Å². The summed E-state index contributed by atoms with van der Waals surface area (Å²) in [4.78, 5) is 2.55. The van der Waals surface area contributed by atoms with Crippen molar-refractivity contribution in [1.29, 1.82) is 0 Å². The molecule has 2 atom stereocenters. The monoisotopic (exact) mass is 336 g/mol. The quantitative estimate of drug-likeness (QED) is 0.897. The van der Waals surface area contributed by atoms with Gasteiger partial charge in [-0.25, -0.2) is 0 Å². The summed E-state index contributed by atoms with van der Waals surface area (Å²) in [5.74, 6) is 0.745. The van der Waals surface area contributed by atoms with Gasteiger partial charge in [0.2, 0.25) is 0 Å². The second-order valence-corrected chi connectivity index (χ2v) is 7.37. The molecule has 2 aliphatic rings. The van der Waals surface area contributed by atoms with E-state index in [2.05, 4.69) is 58.3 Å². The fraction of sp³-hybridized carbons (Fsp3) is 0.647. The molecule has 1 heterocycles. The maximum atomic E-state index is 3.74. The Morgan fingerprint density at radius 3 is 2.80 bits per heavy atom. The Kier molecular flexibility index (Phi) is 4.49. The van der Waals surface area contributed by atoms with Crippen LogP contribution in [0.25, 0.3) is 0 Å². The van der Waals surface area contributed by atoms with Gasteiger partial charge in [-0.15, -0.1) is 0 Å². The molecule has 2 fully saturated rings. The largest absolute Gasteiger partial charge is 0.314 e. The molecule has 2 unspecified atom stereocenters. The average molecular weight is 337 g/mol. The number of hydrogen-bond donors (Lipinski definition) is 1. The van der Waals surface area contributed by atoms with Gasteiger partial charge in [-0.05, 0) is 69.3 Å². The highest BCUT2D eigenvalue weighted by molar-refractivity contribution is 9.10. The predicted molar refractivity (Wildman–Crippen MR) is 88.0 cm³/mol. The number of likely N-dealkylation sites (tertiary alicyclic amines) is 1. The fourth-order valence-corrected chi connectivity index (χ4v) is 3.70. The first-order valence-electron chi connectivity index (χ1n) is 7.85. The van der Waals surface area contributed by atoms with Gasteiger partial charge in [0.1, 0.15) is 0 Å². The number of rotatable bonds is 4. The van der Waals surface area contributed by atoms with Crippen molar-refractivity contribution in [3.05, 3.63) is 33.8 Å². The Morgan fingerprint density at radius 1 is 1.30 bits per heavy atom. The predicted octanol–water partition coefficient (Wildman–Crippen LogP) is 3.89. The third-order valence-electron chi connectivity index (χ3n) is 4.78. The summed E-state index contributed by atoms with van der Waals surface area (Å²) < 4.78 is 1.22. The zero-order chi connectivity index (χ0) is 14.1. The van der Waals surface area contributed by atoms with Crippen molar-refractivity contribution in [2.45, 2.75) is 44.7 Å². The number of benzene rings is 1. The van der Waals surface area contributed by atoms with E-state index in [0.717, 1.165) is 12.0 Å². The maximum Gasteiger partial charge on any atom is 0.0385 e. The van der Waals surface area contributed by atoms with Crippen LogP contribution in [0.15, 0.2) is 22.7 Å². The molecular weight excluding hydrogens is 312 g/mol. The summed E-state index contributed by atoms with van der Waals surface area (Å²) in [5.41, 5.74) is 2.82. The zero-order valence-electron chi connectivity index (χ0n) is 12.5. The van der Waals surface area contributed by atoms with Crippen molar-refractivity contribution in [3.63, 3.8) is 0 Å². The van der Waals surface area contributed by atoms with Crippen molar-refractivity contribution in [2.75, 3.05) is 20.1 Å². The first-order valence-corrected chi connectivity index (χ1v) is 8.64. The van der Waals surface area contributed by atoms with Crippen LogP contribution in [0.2, 0.25) is 0 Å². The van der Waals surface area contributed by atoms with Crippen LogP contribution < -0.4 is 5.32 Å². The van der Waals surface area contributed by atoms with Gasteiger partial charge in [-0.1, -0.05) is 28.1 Å². The molecule has 110 valence electrons. The summed E-state index contributed by atoms with van der Waals surface area (Å²) in [5, 5.41) is 3.74. The van der Waals surface area contributed by atoms with E-state index in [9.17, 15) is 0 Å². The molecule has 1 saturated carbocycles. The van der Waals surface area contributed by atoms with E-state index in [1.54, 1.807) is 0 Å². The van der Waals surface area contributed by atoms with Crippen molar-refractivity contribution < 1.29 is 0 Å². The third kappa shape index (κ3) is 3.26. The van der Waals surface area contributed by atoms with Crippen LogP contribution in [0.3, 0.4) is 0 Å². The van der Waals surface area contributed by atoms with Crippen LogP contribution in [0.5, 0.6) is 0 Å². The highest BCUT2D eigenvalue weighted by Gasteiger charge is 2.32. The molecule has 20 heavy (non-hydrogen) atoms. The third-order valence-corrected chi connectivity index (χ3v) is 5.67. The Bertz CT molecular complexity index is 470. The van der Waals surface area contributed by atoms with E-state index < -0.39 is 0 Å². The van der Waals surface area contributed by atoms with Crippen molar-refractivity contribution in [1.82, 2.24) is 10.2 Å². The van der Waals surface area contributed by atoms with Crippen molar-refractivity contribution in [2.24, 2.45) is 5.92 Å². The van der Waals surface area contributed by atoms with Crippen molar-refractivity contribution in [3.8, 4) is 0 Å². The van der Waals surface area contributed by atoms with Gasteiger partial charge in [0.25, 0.3) is 0 Å². The second-order valence-electron chi connectivity index (χ2n) is 6.52. The lowest BCUT2D eigenvalue weighted by atomic mass is 9.84. The normalized spacial score (nSPS) is 27.8. The summed E-state index contributed by atoms with van der Waals surface area (Å²) in [7, 11) is 2.28. The van der Waals surface area contributed by atoms with Crippen LogP contribution in [0.1, 0.15) is 42.9 Å². The van der Waals surface area contributed by atoms with Gasteiger partial charge in [-0.3, -0.25) is 4.90 Å². The van der Waals surface area contributed by atoms with E-state index in [0.29, 0.717) is 6.04 Å². The van der Waals surface area contributed by atoms with Gasteiger partial charge in [0, 0.05) is 23.1 Å².